The average Bonchev–Trinajstić information content (AvgIpc) is 2.86. The number of nitrogens with one attached hydrogen (secondary N) is 1. The van der Waals surface area contributed by atoms with E-state index in [9.17, 15) is 0 Å². The van der Waals surface area contributed by atoms with Crippen LogP contribution in [0, 0.1) is 5.92 Å². The van der Waals surface area contributed by atoms with Crippen LogP contribution in [-0.2, 0) is 13.0 Å². The highest BCUT2D eigenvalue weighted by Crippen LogP contribution is 2.29. The second kappa shape index (κ2) is 5.54. The van der Waals surface area contributed by atoms with E-state index in [-0.39, 0.29) is 0 Å². The first-order valence-corrected chi connectivity index (χ1v) is 7.80. The van der Waals surface area contributed by atoms with E-state index in [0.29, 0.717) is 0 Å². The zero-order valence-corrected chi connectivity index (χ0v) is 12.3. The van der Waals surface area contributed by atoms with E-state index in [1.54, 1.807) is 0 Å². The lowest BCUT2D eigenvalue weighted by molar-refractivity contribution is 0.133. The van der Waals surface area contributed by atoms with E-state index in [1.807, 2.05) is 0 Å². The summed E-state index contributed by atoms with van der Waals surface area (Å²) in [4.78, 5) is 2.57. The molecule has 1 aromatic carbocycles. The molecule has 3 rings (SSSR count). The van der Waals surface area contributed by atoms with Crippen molar-refractivity contribution in [3.63, 3.8) is 0 Å². The van der Waals surface area contributed by atoms with Crippen molar-refractivity contribution in [2.75, 3.05) is 18.9 Å². The highest BCUT2D eigenvalue weighted by Gasteiger charge is 2.25. The average molecular weight is 258 g/mol. The molecule has 0 aromatic heterocycles. The summed E-state index contributed by atoms with van der Waals surface area (Å²) in [6.45, 7) is 4.61. The smallest absolute Gasteiger partial charge is 0.0376 e. The molecule has 0 radical (unpaired) electrons. The lowest BCUT2D eigenvalue weighted by Gasteiger charge is -2.36. The summed E-state index contributed by atoms with van der Waals surface area (Å²) in [7, 11) is 2.30. The minimum Gasteiger partial charge on any atom is -0.384 e. The third kappa shape index (κ3) is 2.79. The standard InChI is InChI=1S/C17H26N2/c1-13-5-3-4-6-17(13)19(2)12-14-7-8-15-9-10-18-16(15)11-14/h7-8,11,13,17-18H,3-6,9-10,12H2,1-2H3. The predicted octanol–water partition coefficient (Wildman–Crippen LogP) is 3.67. The van der Waals surface area contributed by atoms with Crippen molar-refractivity contribution in [3.05, 3.63) is 29.3 Å². The maximum atomic E-state index is 3.48. The van der Waals surface area contributed by atoms with Gasteiger partial charge in [-0.1, -0.05) is 31.9 Å². The molecule has 0 spiro atoms. The third-order valence-electron chi connectivity index (χ3n) is 4.95. The van der Waals surface area contributed by atoms with Crippen LogP contribution < -0.4 is 5.32 Å². The van der Waals surface area contributed by atoms with Crippen molar-refractivity contribution in [1.82, 2.24) is 4.90 Å². The molecule has 19 heavy (non-hydrogen) atoms. The van der Waals surface area contributed by atoms with Crippen LogP contribution in [0.4, 0.5) is 5.69 Å². The molecule has 2 aliphatic rings. The molecule has 1 aliphatic heterocycles. The van der Waals surface area contributed by atoms with Gasteiger partial charge < -0.3 is 5.32 Å². The molecule has 1 fully saturated rings. The minimum atomic E-state index is 0.773. The summed E-state index contributed by atoms with van der Waals surface area (Å²) >= 11 is 0. The van der Waals surface area contributed by atoms with Gasteiger partial charge in [-0.05, 0) is 49.4 Å². The molecule has 1 aromatic rings. The normalized spacial score (nSPS) is 26.3. The monoisotopic (exact) mass is 258 g/mol. The summed E-state index contributed by atoms with van der Waals surface area (Å²) in [6.07, 6.45) is 6.80. The highest BCUT2D eigenvalue weighted by molar-refractivity contribution is 5.57. The Morgan fingerprint density at radius 3 is 2.95 bits per heavy atom. The van der Waals surface area contributed by atoms with E-state index in [4.69, 9.17) is 0 Å². The van der Waals surface area contributed by atoms with E-state index < -0.39 is 0 Å². The first-order chi connectivity index (χ1) is 9.24. The van der Waals surface area contributed by atoms with Gasteiger partial charge in [0.1, 0.15) is 0 Å². The van der Waals surface area contributed by atoms with Crippen LogP contribution in [0.1, 0.15) is 43.7 Å². The number of rotatable bonds is 3. The van der Waals surface area contributed by atoms with Gasteiger partial charge >= 0.3 is 0 Å². The van der Waals surface area contributed by atoms with Gasteiger partial charge in [0.05, 0.1) is 0 Å². The van der Waals surface area contributed by atoms with Crippen molar-refractivity contribution < 1.29 is 0 Å². The van der Waals surface area contributed by atoms with Crippen LogP contribution in [-0.4, -0.2) is 24.5 Å². The van der Waals surface area contributed by atoms with Gasteiger partial charge in [0, 0.05) is 24.8 Å². The van der Waals surface area contributed by atoms with E-state index in [2.05, 4.69) is 42.4 Å². The lowest BCUT2D eigenvalue weighted by Crippen LogP contribution is -2.38. The molecule has 1 aliphatic carbocycles. The maximum Gasteiger partial charge on any atom is 0.0376 e. The molecule has 1 heterocycles. The Labute approximate surface area is 117 Å². The number of nitrogens with zero attached hydrogens (tertiary/aromatic N) is 1. The van der Waals surface area contributed by atoms with Gasteiger partial charge in [-0.3, -0.25) is 4.90 Å². The maximum absolute atomic E-state index is 3.48. The molecule has 1 saturated carbocycles. The Kier molecular flexibility index (Phi) is 3.79. The predicted molar refractivity (Wildman–Crippen MR) is 81.5 cm³/mol. The number of fused-ring (bicyclic) bond motifs is 1. The van der Waals surface area contributed by atoms with Gasteiger partial charge in [-0.25, -0.2) is 0 Å². The summed E-state index contributed by atoms with van der Waals surface area (Å²) in [5.41, 5.74) is 4.30. The van der Waals surface area contributed by atoms with Crippen molar-refractivity contribution in [3.8, 4) is 0 Å². The summed E-state index contributed by atoms with van der Waals surface area (Å²) < 4.78 is 0. The quantitative estimate of drug-likeness (QED) is 0.890. The van der Waals surface area contributed by atoms with Crippen molar-refractivity contribution >= 4 is 5.69 Å². The highest BCUT2D eigenvalue weighted by atomic mass is 15.1. The van der Waals surface area contributed by atoms with Gasteiger partial charge in [0.2, 0.25) is 0 Å². The Morgan fingerprint density at radius 2 is 2.11 bits per heavy atom. The molecule has 2 heteroatoms. The Hall–Kier alpha value is -1.02. The van der Waals surface area contributed by atoms with Crippen LogP contribution in [0.15, 0.2) is 18.2 Å². The van der Waals surface area contributed by atoms with Crippen LogP contribution in [0.3, 0.4) is 0 Å². The molecule has 104 valence electrons. The van der Waals surface area contributed by atoms with E-state index in [0.717, 1.165) is 25.0 Å². The SMILES string of the molecule is CC1CCCCC1N(C)Cc1ccc2c(c1)NCC2. The molecule has 2 nitrogen and oxygen atoms in total. The van der Waals surface area contributed by atoms with Gasteiger partial charge in [-0.2, -0.15) is 0 Å². The largest absolute Gasteiger partial charge is 0.384 e. The molecular weight excluding hydrogens is 232 g/mol. The zero-order valence-electron chi connectivity index (χ0n) is 12.3. The lowest BCUT2D eigenvalue weighted by atomic mass is 9.85. The number of hydrogen-bond donors (Lipinski definition) is 1. The van der Waals surface area contributed by atoms with E-state index in [1.165, 1.54) is 48.9 Å². The van der Waals surface area contributed by atoms with Gasteiger partial charge in [0.15, 0.2) is 0 Å². The van der Waals surface area contributed by atoms with Crippen LogP contribution in [0.25, 0.3) is 0 Å². The fourth-order valence-corrected chi connectivity index (χ4v) is 3.79. The Morgan fingerprint density at radius 1 is 1.26 bits per heavy atom. The zero-order chi connectivity index (χ0) is 13.2. The van der Waals surface area contributed by atoms with Crippen LogP contribution in [0.5, 0.6) is 0 Å². The molecule has 1 N–H and O–H groups in total. The van der Waals surface area contributed by atoms with Crippen molar-refractivity contribution in [1.29, 1.82) is 0 Å². The molecule has 0 bridgehead atoms. The fourth-order valence-electron chi connectivity index (χ4n) is 3.79. The topological polar surface area (TPSA) is 15.3 Å². The molecule has 0 saturated heterocycles. The van der Waals surface area contributed by atoms with Crippen LogP contribution >= 0.6 is 0 Å². The van der Waals surface area contributed by atoms with Gasteiger partial charge in [0.25, 0.3) is 0 Å². The molecule has 2 atom stereocenters. The minimum absolute atomic E-state index is 0.773. The Bertz CT molecular complexity index is 441. The fraction of sp³-hybridized carbons (Fsp3) is 0.647. The first kappa shape index (κ1) is 13.0. The molecular formula is C17H26N2. The first-order valence-electron chi connectivity index (χ1n) is 7.80. The number of hydrogen-bond acceptors (Lipinski definition) is 2. The molecule has 0 amide bonds. The second-order valence-electron chi connectivity index (χ2n) is 6.41. The molecule has 2 unspecified atom stereocenters. The number of anilines is 1. The third-order valence-corrected chi connectivity index (χ3v) is 4.95. The van der Waals surface area contributed by atoms with Crippen molar-refractivity contribution in [2.24, 2.45) is 5.92 Å². The number of benzene rings is 1. The van der Waals surface area contributed by atoms with E-state index >= 15 is 0 Å². The summed E-state index contributed by atoms with van der Waals surface area (Å²) in [5.74, 6) is 0.853. The summed E-state index contributed by atoms with van der Waals surface area (Å²) in [6, 6.07) is 7.75. The van der Waals surface area contributed by atoms with Gasteiger partial charge in [-0.15, -0.1) is 0 Å². The van der Waals surface area contributed by atoms with Crippen LogP contribution in [0.2, 0.25) is 0 Å². The second-order valence-corrected chi connectivity index (χ2v) is 6.41. The Balaban J connectivity index is 1.67. The van der Waals surface area contributed by atoms with Crippen molar-refractivity contribution in [2.45, 2.75) is 51.6 Å². The summed E-state index contributed by atoms with van der Waals surface area (Å²) in [5, 5.41) is 3.48.